The van der Waals surface area contributed by atoms with Gasteiger partial charge in [-0.2, -0.15) is 0 Å². The van der Waals surface area contributed by atoms with Crippen LogP contribution in [0.3, 0.4) is 0 Å². The fraction of sp³-hybridized carbons (Fsp3) is 1.00. The SMILES string of the molecule is CC(C)C1CNCCN1C1CCN(C)C(C)C1. The normalized spacial score (nSPS) is 37.6. The fourth-order valence-electron chi connectivity index (χ4n) is 3.38. The largest absolute Gasteiger partial charge is 0.314 e. The average molecular weight is 239 g/mol. The van der Waals surface area contributed by atoms with Crippen LogP contribution >= 0.6 is 0 Å². The molecule has 2 aliphatic rings. The van der Waals surface area contributed by atoms with E-state index >= 15 is 0 Å². The summed E-state index contributed by atoms with van der Waals surface area (Å²) in [6.07, 6.45) is 2.70. The average Bonchev–Trinajstić information content (AvgIpc) is 2.32. The predicted molar refractivity (Wildman–Crippen MR) is 73.3 cm³/mol. The monoisotopic (exact) mass is 239 g/mol. The summed E-state index contributed by atoms with van der Waals surface area (Å²) in [4.78, 5) is 5.30. The summed E-state index contributed by atoms with van der Waals surface area (Å²) in [5, 5.41) is 3.55. The highest BCUT2D eigenvalue weighted by atomic mass is 15.3. The van der Waals surface area contributed by atoms with E-state index in [1.807, 2.05) is 0 Å². The fourth-order valence-corrected chi connectivity index (χ4v) is 3.38. The molecular formula is C14H29N3. The van der Waals surface area contributed by atoms with Crippen LogP contribution in [0.2, 0.25) is 0 Å². The number of likely N-dealkylation sites (tertiary alicyclic amines) is 1. The summed E-state index contributed by atoms with van der Waals surface area (Å²) < 4.78 is 0. The van der Waals surface area contributed by atoms with Crippen molar-refractivity contribution in [3.8, 4) is 0 Å². The van der Waals surface area contributed by atoms with E-state index in [9.17, 15) is 0 Å². The van der Waals surface area contributed by atoms with Crippen molar-refractivity contribution < 1.29 is 0 Å². The van der Waals surface area contributed by atoms with E-state index in [0.29, 0.717) is 0 Å². The molecule has 17 heavy (non-hydrogen) atoms. The molecule has 1 N–H and O–H groups in total. The molecule has 0 aromatic rings. The summed E-state index contributed by atoms with van der Waals surface area (Å²) in [5.41, 5.74) is 0. The van der Waals surface area contributed by atoms with E-state index in [1.54, 1.807) is 0 Å². The van der Waals surface area contributed by atoms with Crippen molar-refractivity contribution in [2.75, 3.05) is 33.2 Å². The Labute approximate surface area is 107 Å². The van der Waals surface area contributed by atoms with Crippen LogP contribution < -0.4 is 5.32 Å². The van der Waals surface area contributed by atoms with E-state index in [-0.39, 0.29) is 0 Å². The van der Waals surface area contributed by atoms with Crippen molar-refractivity contribution in [3.63, 3.8) is 0 Å². The van der Waals surface area contributed by atoms with Gasteiger partial charge in [-0.3, -0.25) is 4.90 Å². The van der Waals surface area contributed by atoms with Gasteiger partial charge >= 0.3 is 0 Å². The smallest absolute Gasteiger partial charge is 0.0247 e. The third-order valence-electron chi connectivity index (χ3n) is 4.75. The van der Waals surface area contributed by atoms with E-state index in [0.717, 1.165) is 24.0 Å². The van der Waals surface area contributed by atoms with Crippen molar-refractivity contribution in [2.24, 2.45) is 5.92 Å². The van der Waals surface area contributed by atoms with Gasteiger partial charge < -0.3 is 10.2 Å². The van der Waals surface area contributed by atoms with Crippen LogP contribution in [0.1, 0.15) is 33.6 Å². The Hall–Kier alpha value is -0.120. The summed E-state index contributed by atoms with van der Waals surface area (Å²) in [5.74, 6) is 0.762. The van der Waals surface area contributed by atoms with Crippen LogP contribution in [0.5, 0.6) is 0 Å². The highest BCUT2D eigenvalue weighted by Crippen LogP contribution is 2.25. The van der Waals surface area contributed by atoms with E-state index in [4.69, 9.17) is 0 Å². The second kappa shape index (κ2) is 5.68. The number of hydrogen-bond donors (Lipinski definition) is 1. The summed E-state index contributed by atoms with van der Waals surface area (Å²) >= 11 is 0. The first-order chi connectivity index (χ1) is 8.09. The van der Waals surface area contributed by atoms with E-state index in [1.165, 1.54) is 39.0 Å². The number of piperazine rings is 1. The minimum atomic E-state index is 0.740. The topological polar surface area (TPSA) is 18.5 Å². The minimum Gasteiger partial charge on any atom is -0.314 e. The van der Waals surface area contributed by atoms with Crippen molar-refractivity contribution in [3.05, 3.63) is 0 Å². The molecule has 0 spiro atoms. The van der Waals surface area contributed by atoms with Gasteiger partial charge in [-0.05, 0) is 39.3 Å². The maximum Gasteiger partial charge on any atom is 0.0247 e. The van der Waals surface area contributed by atoms with Gasteiger partial charge in [0.1, 0.15) is 0 Å². The van der Waals surface area contributed by atoms with E-state index < -0.39 is 0 Å². The summed E-state index contributed by atoms with van der Waals surface area (Å²) in [6.45, 7) is 12.0. The first kappa shape index (κ1) is 13.3. The Balaban J connectivity index is 1.99. The van der Waals surface area contributed by atoms with Gasteiger partial charge in [-0.15, -0.1) is 0 Å². The molecular weight excluding hydrogens is 210 g/mol. The first-order valence-electron chi connectivity index (χ1n) is 7.26. The quantitative estimate of drug-likeness (QED) is 0.786. The lowest BCUT2D eigenvalue weighted by atomic mass is 9.92. The molecule has 0 aromatic heterocycles. The molecule has 0 bridgehead atoms. The molecule has 2 fully saturated rings. The van der Waals surface area contributed by atoms with Gasteiger partial charge in [0.15, 0.2) is 0 Å². The molecule has 0 aromatic carbocycles. The molecule has 2 saturated heterocycles. The van der Waals surface area contributed by atoms with Crippen molar-refractivity contribution >= 4 is 0 Å². The number of nitrogens with one attached hydrogen (secondary N) is 1. The maximum atomic E-state index is 3.55. The van der Waals surface area contributed by atoms with Gasteiger partial charge in [-0.1, -0.05) is 13.8 Å². The highest BCUT2D eigenvalue weighted by molar-refractivity contribution is 4.91. The molecule has 3 nitrogen and oxygen atoms in total. The van der Waals surface area contributed by atoms with Crippen LogP contribution in [0.15, 0.2) is 0 Å². The van der Waals surface area contributed by atoms with Crippen LogP contribution in [0.25, 0.3) is 0 Å². The molecule has 0 saturated carbocycles. The zero-order chi connectivity index (χ0) is 12.4. The predicted octanol–water partition coefficient (Wildman–Crippen LogP) is 1.40. The zero-order valence-corrected chi connectivity index (χ0v) is 11.9. The van der Waals surface area contributed by atoms with Gasteiger partial charge in [0.25, 0.3) is 0 Å². The Kier molecular flexibility index (Phi) is 4.45. The van der Waals surface area contributed by atoms with Gasteiger partial charge in [0, 0.05) is 37.8 Å². The van der Waals surface area contributed by atoms with E-state index in [2.05, 4.69) is 42.9 Å². The molecule has 100 valence electrons. The standard InChI is InChI=1S/C14H29N3/c1-11(2)14-10-15-6-8-17(14)13-5-7-16(4)12(3)9-13/h11-15H,5-10H2,1-4H3. The molecule has 3 heteroatoms. The lowest BCUT2D eigenvalue weighted by molar-refractivity contribution is 0.0280. The Morgan fingerprint density at radius 2 is 2.00 bits per heavy atom. The zero-order valence-electron chi connectivity index (χ0n) is 11.9. The third kappa shape index (κ3) is 3.01. The number of nitrogens with zero attached hydrogens (tertiary/aromatic N) is 2. The molecule has 2 aliphatic heterocycles. The van der Waals surface area contributed by atoms with Gasteiger partial charge in [0.2, 0.25) is 0 Å². The van der Waals surface area contributed by atoms with Crippen LogP contribution in [0.4, 0.5) is 0 Å². The van der Waals surface area contributed by atoms with Crippen LogP contribution in [0, 0.1) is 5.92 Å². The number of rotatable bonds is 2. The maximum absolute atomic E-state index is 3.55. The molecule has 2 heterocycles. The molecule has 0 amide bonds. The van der Waals surface area contributed by atoms with Crippen molar-refractivity contribution in [1.29, 1.82) is 0 Å². The third-order valence-corrected chi connectivity index (χ3v) is 4.75. The van der Waals surface area contributed by atoms with Crippen LogP contribution in [-0.4, -0.2) is 61.2 Å². The second-order valence-electron chi connectivity index (χ2n) is 6.26. The lowest BCUT2D eigenvalue weighted by Crippen LogP contribution is -2.59. The molecule has 0 radical (unpaired) electrons. The lowest BCUT2D eigenvalue weighted by Gasteiger charge is -2.47. The Morgan fingerprint density at radius 1 is 1.24 bits per heavy atom. The molecule has 2 rings (SSSR count). The van der Waals surface area contributed by atoms with Crippen molar-refractivity contribution in [1.82, 2.24) is 15.1 Å². The summed E-state index contributed by atoms with van der Waals surface area (Å²) in [6, 6.07) is 2.30. The van der Waals surface area contributed by atoms with Gasteiger partial charge in [-0.25, -0.2) is 0 Å². The van der Waals surface area contributed by atoms with Crippen LogP contribution in [-0.2, 0) is 0 Å². The molecule has 3 unspecified atom stereocenters. The van der Waals surface area contributed by atoms with Crippen molar-refractivity contribution in [2.45, 2.75) is 51.7 Å². The first-order valence-corrected chi connectivity index (χ1v) is 7.26. The second-order valence-corrected chi connectivity index (χ2v) is 6.26. The Bertz CT molecular complexity index is 242. The number of piperidine rings is 1. The van der Waals surface area contributed by atoms with Gasteiger partial charge in [0.05, 0.1) is 0 Å². The Morgan fingerprint density at radius 3 is 2.65 bits per heavy atom. The summed E-state index contributed by atoms with van der Waals surface area (Å²) in [7, 11) is 2.26. The molecule has 0 aliphatic carbocycles. The number of hydrogen-bond acceptors (Lipinski definition) is 3. The molecule has 3 atom stereocenters. The highest BCUT2D eigenvalue weighted by Gasteiger charge is 2.33. The minimum absolute atomic E-state index is 0.740.